The molecule has 1 aromatic heterocycles. The summed E-state index contributed by atoms with van der Waals surface area (Å²) in [4.78, 5) is 9.97. The van der Waals surface area contributed by atoms with Crippen molar-refractivity contribution in [2.45, 2.75) is 34.6 Å². The minimum atomic E-state index is -3.32. The van der Waals surface area contributed by atoms with Gasteiger partial charge in [-0.2, -0.15) is 0 Å². The van der Waals surface area contributed by atoms with Crippen molar-refractivity contribution in [1.29, 1.82) is 0 Å². The van der Waals surface area contributed by atoms with Crippen molar-refractivity contribution in [2.75, 3.05) is 6.26 Å². The van der Waals surface area contributed by atoms with Crippen LogP contribution in [-0.4, -0.2) is 25.1 Å². The van der Waals surface area contributed by atoms with E-state index < -0.39 is 15.9 Å². The van der Waals surface area contributed by atoms with Gasteiger partial charge < -0.3 is 4.57 Å². The zero-order valence-corrected chi connectivity index (χ0v) is 15.2. The summed E-state index contributed by atoms with van der Waals surface area (Å²) in [6.45, 7) is 9.48. The molecule has 0 aliphatic heterocycles. The summed E-state index contributed by atoms with van der Waals surface area (Å²) >= 11 is 0. The molecule has 0 bridgehead atoms. The topological polar surface area (TPSA) is 68.2 Å². The van der Waals surface area contributed by atoms with E-state index in [0.29, 0.717) is 0 Å². The number of hydrogen-bond acceptors (Lipinski definition) is 3. The van der Waals surface area contributed by atoms with Crippen molar-refractivity contribution in [1.82, 2.24) is 9.29 Å². The third-order valence-electron chi connectivity index (χ3n) is 3.04. The van der Waals surface area contributed by atoms with Crippen LogP contribution in [-0.2, 0) is 21.9 Å². The number of aromatic nitrogens is 1. The Labute approximate surface area is 133 Å². The number of hydrogen-bond donors (Lipinski definition) is 1. The molecule has 0 aliphatic rings. The van der Waals surface area contributed by atoms with Gasteiger partial charge in [-0.05, 0) is 25.5 Å². The Balaban J connectivity index is 0.000000388. The summed E-state index contributed by atoms with van der Waals surface area (Å²) < 4.78 is 24.2. The van der Waals surface area contributed by atoms with Crippen molar-refractivity contribution < 1.29 is 13.2 Å². The van der Waals surface area contributed by atoms with Gasteiger partial charge in [-0.3, -0.25) is 9.52 Å². The fraction of sp³-hybridized carbons (Fsp3) is 0.438. The van der Waals surface area contributed by atoms with Crippen molar-refractivity contribution in [3.8, 4) is 0 Å². The molecular formula is C16H26N2O3S. The van der Waals surface area contributed by atoms with Gasteiger partial charge in [-0.1, -0.05) is 32.0 Å². The van der Waals surface area contributed by atoms with E-state index in [-0.39, 0.29) is 0 Å². The third-order valence-corrected chi connectivity index (χ3v) is 3.70. The van der Waals surface area contributed by atoms with Crippen LogP contribution < -0.4 is 4.72 Å². The second kappa shape index (κ2) is 8.58. The fourth-order valence-electron chi connectivity index (χ4n) is 1.97. The third kappa shape index (κ3) is 5.89. The first kappa shape index (κ1) is 20.2. The highest BCUT2D eigenvalue weighted by molar-refractivity contribution is 7.89. The Morgan fingerprint density at radius 2 is 1.64 bits per heavy atom. The standard InChI is InChI=1S/C11H13N.C3H7NO3S.C2H6/c1-8-9(2)12(3)11-7-5-4-6-10(8)11;1-3(5)4-8(2,6)7;1-2/h4-7H,1-3H3;1-2H3,(H,4,5);1-2H3. The highest BCUT2D eigenvalue weighted by atomic mass is 32.2. The molecule has 0 fully saturated rings. The van der Waals surface area contributed by atoms with E-state index in [1.54, 1.807) is 4.72 Å². The van der Waals surface area contributed by atoms with E-state index in [2.05, 4.69) is 49.7 Å². The van der Waals surface area contributed by atoms with Crippen LogP contribution in [0.25, 0.3) is 10.9 Å². The van der Waals surface area contributed by atoms with Crippen LogP contribution >= 0.6 is 0 Å². The second-order valence-corrected chi connectivity index (χ2v) is 6.47. The Kier molecular flexibility index (Phi) is 7.87. The number of fused-ring (bicyclic) bond motifs is 1. The average Bonchev–Trinajstić information content (AvgIpc) is 2.65. The van der Waals surface area contributed by atoms with Crippen molar-refractivity contribution in [3.05, 3.63) is 35.5 Å². The van der Waals surface area contributed by atoms with Crippen molar-refractivity contribution >= 4 is 26.8 Å². The number of nitrogens with one attached hydrogen (secondary N) is 1. The lowest BCUT2D eigenvalue weighted by Crippen LogP contribution is -2.26. The minimum absolute atomic E-state index is 0.562. The molecule has 124 valence electrons. The summed E-state index contributed by atoms with van der Waals surface area (Å²) in [6, 6.07) is 8.52. The number of sulfonamides is 1. The number of nitrogens with zero attached hydrogens (tertiary/aromatic N) is 1. The molecule has 0 aliphatic carbocycles. The molecule has 0 spiro atoms. The molecule has 0 radical (unpaired) electrons. The van der Waals surface area contributed by atoms with E-state index >= 15 is 0 Å². The van der Waals surface area contributed by atoms with Crippen molar-refractivity contribution in [3.63, 3.8) is 0 Å². The summed E-state index contributed by atoms with van der Waals surface area (Å²) in [7, 11) is -1.21. The largest absolute Gasteiger partial charge is 0.348 e. The number of carbonyl (C=O) groups is 1. The van der Waals surface area contributed by atoms with Crippen LogP contribution in [0.2, 0.25) is 0 Å². The highest BCUT2D eigenvalue weighted by Gasteiger charge is 2.05. The zero-order valence-electron chi connectivity index (χ0n) is 14.4. The smallest absolute Gasteiger partial charge is 0.231 e. The number of rotatable bonds is 1. The van der Waals surface area contributed by atoms with Gasteiger partial charge >= 0.3 is 0 Å². The van der Waals surface area contributed by atoms with Gasteiger partial charge in [0.15, 0.2) is 0 Å². The molecule has 2 rings (SSSR count). The SMILES string of the molecule is CC.CC(=O)NS(C)(=O)=O.Cc1c(C)n(C)c2ccccc12. The molecule has 1 amide bonds. The second-order valence-electron chi connectivity index (χ2n) is 4.72. The Bertz CT molecular complexity index is 692. The molecule has 0 atom stereocenters. The fourth-order valence-corrected chi connectivity index (χ4v) is 2.49. The van der Waals surface area contributed by atoms with Gasteiger partial charge in [0.25, 0.3) is 0 Å². The number of aryl methyl sites for hydroxylation is 2. The van der Waals surface area contributed by atoms with E-state index in [0.717, 1.165) is 13.2 Å². The molecule has 1 N–H and O–H groups in total. The summed E-state index contributed by atoms with van der Waals surface area (Å²) in [5, 5.41) is 1.37. The lowest BCUT2D eigenvalue weighted by molar-refractivity contribution is -0.117. The van der Waals surface area contributed by atoms with Gasteiger partial charge in [0, 0.05) is 30.6 Å². The van der Waals surface area contributed by atoms with Gasteiger partial charge in [-0.15, -0.1) is 0 Å². The molecule has 1 heterocycles. The highest BCUT2D eigenvalue weighted by Crippen LogP contribution is 2.22. The maximum atomic E-state index is 10.1. The molecule has 6 heteroatoms. The van der Waals surface area contributed by atoms with Gasteiger partial charge in [0.05, 0.1) is 6.26 Å². The molecule has 0 unspecified atom stereocenters. The Hall–Kier alpha value is -1.82. The lowest BCUT2D eigenvalue weighted by Gasteiger charge is -1.96. The van der Waals surface area contributed by atoms with Gasteiger partial charge in [-0.25, -0.2) is 8.42 Å². The average molecular weight is 326 g/mol. The quantitative estimate of drug-likeness (QED) is 0.876. The molecule has 5 nitrogen and oxygen atoms in total. The Morgan fingerprint density at radius 3 is 2.00 bits per heavy atom. The van der Waals surface area contributed by atoms with Gasteiger partial charge in [0.1, 0.15) is 0 Å². The molecule has 2 aromatic rings. The van der Waals surface area contributed by atoms with Crippen LogP contribution in [0.4, 0.5) is 0 Å². The van der Waals surface area contributed by atoms with E-state index in [1.807, 2.05) is 13.8 Å². The maximum absolute atomic E-state index is 10.1. The summed E-state index contributed by atoms with van der Waals surface area (Å²) in [5.41, 5.74) is 4.08. The molecule has 0 saturated heterocycles. The van der Waals surface area contributed by atoms with E-state index in [4.69, 9.17) is 0 Å². The normalized spacial score (nSPS) is 10.1. The predicted molar refractivity (Wildman–Crippen MR) is 92.4 cm³/mol. The van der Waals surface area contributed by atoms with Crippen LogP contribution in [0.15, 0.2) is 24.3 Å². The molecule has 22 heavy (non-hydrogen) atoms. The number of benzene rings is 1. The first-order chi connectivity index (χ1) is 10.1. The van der Waals surface area contributed by atoms with Crippen LogP contribution in [0.1, 0.15) is 32.0 Å². The van der Waals surface area contributed by atoms with Crippen LogP contribution in [0, 0.1) is 13.8 Å². The summed E-state index contributed by atoms with van der Waals surface area (Å²) in [6.07, 6.45) is 0.925. The zero-order chi connectivity index (χ0) is 17.5. The molecule has 1 aromatic carbocycles. The van der Waals surface area contributed by atoms with Crippen molar-refractivity contribution in [2.24, 2.45) is 7.05 Å². The predicted octanol–water partition coefficient (Wildman–Crippen LogP) is 2.90. The van der Waals surface area contributed by atoms with E-state index in [9.17, 15) is 13.2 Å². The Morgan fingerprint density at radius 1 is 1.14 bits per heavy atom. The van der Waals surface area contributed by atoms with Crippen LogP contribution in [0.3, 0.4) is 0 Å². The maximum Gasteiger partial charge on any atom is 0.231 e. The number of amides is 1. The number of para-hydroxylation sites is 1. The first-order valence-electron chi connectivity index (χ1n) is 7.12. The van der Waals surface area contributed by atoms with Gasteiger partial charge in [0.2, 0.25) is 15.9 Å². The molecule has 0 saturated carbocycles. The monoisotopic (exact) mass is 326 g/mol. The minimum Gasteiger partial charge on any atom is -0.348 e. The number of carbonyl (C=O) groups excluding carboxylic acids is 1. The lowest BCUT2D eigenvalue weighted by atomic mass is 10.2. The van der Waals surface area contributed by atoms with E-state index in [1.165, 1.54) is 22.2 Å². The van der Waals surface area contributed by atoms with Crippen LogP contribution in [0.5, 0.6) is 0 Å². The first-order valence-corrected chi connectivity index (χ1v) is 9.01. The molecular weight excluding hydrogens is 300 g/mol. The summed E-state index contributed by atoms with van der Waals surface area (Å²) in [5.74, 6) is -0.562.